The molecule has 1 aromatic carbocycles. The maximum atomic E-state index is 12.0. The molecule has 0 bridgehead atoms. The molecule has 0 radical (unpaired) electrons. The summed E-state index contributed by atoms with van der Waals surface area (Å²) in [5, 5.41) is 1.33. The standard InChI is InChI=1S/C14H18N2O4.ClH/c1-19-14(18)12-7-11(8-16(12)15)13(17)20-9-10-5-3-2-4-6-10;/h2-6,11-12H,7-9,15H2,1H3;1H/t11-,12+;/m1./s1. The van der Waals surface area contributed by atoms with E-state index in [2.05, 4.69) is 4.74 Å². The van der Waals surface area contributed by atoms with Crippen molar-refractivity contribution in [3.63, 3.8) is 0 Å². The van der Waals surface area contributed by atoms with Crippen molar-refractivity contribution in [1.29, 1.82) is 0 Å². The quantitative estimate of drug-likeness (QED) is 0.656. The first-order valence-corrected chi connectivity index (χ1v) is 6.41. The molecule has 1 heterocycles. The van der Waals surface area contributed by atoms with E-state index in [1.54, 1.807) is 0 Å². The van der Waals surface area contributed by atoms with Crippen molar-refractivity contribution in [2.75, 3.05) is 13.7 Å². The van der Waals surface area contributed by atoms with Crippen LogP contribution in [0.1, 0.15) is 12.0 Å². The summed E-state index contributed by atoms with van der Waals surface area (Å²) in [5.74, 6) is 4.56. The van der Waals surface area contributed by atoms with Gasteiger partial charge in [-0.2, -0.15) is 0 Å². The van der Waals surface area contributed by atoms with Crippen molar-refractivity contribution in [3.05, 3.63) is 35.9 Å². The van der Waals surface area contributed by atoms with Crippen molar-refractivity contribution >= 4 is 24.3 Å². The highest BCUT2D eigenvalue weighted by atomic mass is 35.5. The zero-order valence-corrected chi connectivity index (χ0v) is 12.5. The lowest BCUT2D eigenvalue weighted by Gasteiger charge is -2.15. The van der Waals surface area contributed by atoms with Crippen molar-refractivity contribution in [1.82, 2.24) is 5.01 Å². The Balaban J connectivity index is 0.00000220. The number of hydrogen-bond acceptors (Lipinski definition) is 6. The number of carbonyl (C=O) groups excluding carboxylic acids is 2. The molecule has 2 N–H and O–H groups in total. The molecule has 0 amide bonds. The average Bonchev–Trinajstić information content (AvgIpc) is 2.87. The molecule has 1 aromatic rings. The molecule has 2 atom stereocenters. The Morgan fingerprint density at radius 1 is 1.29 bits per heavy atom. The van der Waals surface area contributed by atoms with Crippen LogP contribution in [-0.4, -0.2) is 36.6 Å². The summed E-state index contributed by atoms with van der Waals surface area (Å²) in [5.41, 5.74) is 0.924. The molecule has 1 aliphatic heterocycles. The number of methoxy groups -OCH3 is 1. The van der Waals surface area contributed by atoms with Crippen LogP contribution < -0.4 is 5.84 Å². The Bertz CT molecular complexity index is 483. The van der Waals surface area contributed by atoms with E-state index in [0.717, 1.165) is 5.56 Å². The molecule has 0 spiro atoms. The second-order valence-electron chi connectivity index (χ2n) is 4.76. The average molecular weight is 315 g/mol. The molecular formula is C14H19ClN2O4. The molecule has 1 fully saturated rings. The first kappa shape index (κ1) is 17.4. The second kappa shape index (κ2) is 7.97. The third-order valence-corrected chi connectivity index (χ3v) is 3.37. The normalized spacial score (nSPS) is 21.4. The fourth-order valence-electron chi connectivity index (χ4n) is 2.25. The van der Waals surface area contributed by atoms with Gasteiger partial charge in [0, 0.05) is 6.54 Å². The first-order valence-electron chi connectivity index (χ1n) is 6.41. The van der Waals surface area contributed by atoms with Crippen molar-refractivity contribution < 1.29 is 19.1 Å². The molecule has 0 unspecified atom stereocenters. The molecule has 21 heavy (non-hydrogen) atoms. The molecular weight excluding hydrogens is 296 g/mol. The molecule has 0 saturated carbocycles. The zero-order chi connectivity index (χ0) is 14.5. The van der Waals surface area contributed by atoms with Gasteiger partial charge in [-0.05, 0) is 12.0 Å². The number of hydrogen-bond donors (Lipinski definition) is 1. The van der Waals surface area contributed by atoms with Crippen molar-refractivity contribution in [3.8, 4) is 0 Å². The molecule has 0 aliphatic carbocycles. The van der Waals surface area contributed by atoms with Crippen LogP contribution in [0.3, 0.4) is 0 Å². The van der Waals surface area contributed by atoms with Gasteiger partial charge in [-0.25, -0.2) is 5.01 Å². The lowest BCUT2D eigenvalue weighted by atomic mass is 10.1. The van der Waals surface area contributed by atoms with Crippen LogP contribution >= 0.6 is 12.4 Å². The van der Waals surface area contributed by atoms with Crippen LogP contribution in [0, 0.1) is 5.92 Å². The van der Waals surface area contributed by atoms with Gasteiger partial charge in [0.15, 0.2) is 0 Å². The van der Waals surface area contributed by atoms with Crippen molar-refractivity contribution in [2.45, 2.75) is 19.1 Å². The van der Waals surface area contributed by atoms with E-state index in [-0.39, 0.29) is 25.0 Å². The molecule has 116 valence electrons. The number of halogens is 1. The smallest absolute Gasteiger partial charge is 0.324 e. The number of benzene rings is 1. The lowest BCUT2D eigenvalue weighted by molar-refractivity contribution is -0.149. The van der Waals surface area contributed by atoms with Crippen LogP contribution in [0.2, 0.25) is 0 Å². The first-order chi connectivity index (χ1) is 9.61. The highest BCUT2D eigenvalue weighted by molar-refractivity contribution is 5.85. The number of ether oxygens (including phenoxy) is 2. The van der Waals surface area contributed by atoms with Gasteiger partial charge in [-0.1, -0.05) is 30.3 Å². The van der Waals surface area contributed by atoms with E-state index in [9.17, 15) is 9.59 Å². The SMILES string of the molecule is COC(=O)[C@@H]1C[C@@H](C(=O)OCc2ccccc2)CN1N.Cl. The molecule has 1 aliphatic rings. The molecule has 7 heteroatoms. The molecule has 2 rings (SSSR count). The van der Waals surface area contributed by atoms with Gasteiger partial charge in [-0.15, -0.1) is 12.4 Å². The van der Waals surface area contributed by atoms with Gasteiger partial charge in [0.2, 0.25) is 0 Å². The Morgan fingerprint density at radius 2 is 1.95 bits per heavy atom. The number of carbonyl (C=O) groups is 2. The van der Waals surface area contributed by atoms with Gasteiger partial charge in [-0.3, -0.25) is 15.4 Å². The monoisotopic (exact) mass is 314 g/mol. The molecule has 0 aromatic heterocycles. The van der Waals surface area contributed by atoms with E-state index in [4.69, 9.17) is 10.6 Å². The summed E-state index contributed by atoms with van der Waals surface area (Å²) in [6.45, 7) is 0.525. The Kier molecular flexibility index (Phi) is 6.61. The van der Waals surface area contributed by atoms with Crippen LogP contribution in [0.25, 0.3) is 0 Å². The van der Waals surface area contributed by atoms with Gasteiger partial charge in [0.1, 0.15) is 12.6 Å². The highest BCUT2D eigenvalue weighted by Gasteiger charge is 2.40. The predicted molar refractivity (Wildman–Crippen MR) is 78.3 cm³/mol. The highest BCUT2D eigenvalue weighted by Crippen LogP contribution is 2.22. The summed E-state index contributed by atoms with van der Waals surface area (Å²) in [6.07, 6.45) is 0.330. The van der Waals surface area contributed by atoms with Gasteiger partial charge in [0.25, 0.3) is 0 Å². The van der Waals surface area contributed by atoms with Gasteiger partial charge >= 0.3 is 11.9 Å². The summed E-state index contributed by atoms with van der Waals surface area (Å²) in [4.78, 5) is 23.4. The maximum Gasteiger partial charge on any atom is 0.324 e. The van der Waals surface area contributed by atoms with Crippen LogP contribution in [0.15, 0.2) is 30.3 Å². The van der Waals surface area contributed by atoms with Gasteiger partial charge in [0.05, 0.1) is 13.0 Å². The van der Waals surface area contributed by atoms with Crippen LogP contribution in [0.5, 0.6) is 0 Å². The zero-order valence-electron chi connectivity index (χ0n) is 11.7. The van der Waals surface area contributed by atoms with Crippen molar-refractivity contribution in [2.24, 2.45) is 11.8 Å². The van der Waals surface area contributed by atoms with Crippen LogP contribution in [-0.2, 0) is 25.7 Å². The summed E-state index contributed by atoms with van der Waals surface area (Å²) < 4.78 is 9.90. The van der Waals surface area contributed by atoms with E-state index < -0.39 is 17.9 Å². The Labute approximate surface area is 129 Å². The van der Waals surface area contributed by atoms with Gasteiger partial charge < -0.3 is 9.47 Å². The van der Waals surface area contributed by atoms with E-state index in [1.165, 1.54) is 12.1 Å². The minimum Gasteiger partial charge on any atom is -0.468 e. The summed E-state index contributed by atoms with van der Waals surface area (Å²) in [6, 6.07) is 8.86. The number of esters is 2. The number of nitrogens with zero attached hydrogens (tertiary/aromatic N) is 1. The summed E-state index contributed by atoms with van der Waals surface area (Å²) >= 11 is 0. The topological polar surface area (TPSA) is 81.9 Å². The fraction of sp³-hybridized carbons (Fsp3) is 0.429. The van der Waals surface area contributed by atoms with Crippen LogP contribution in [0.4, 0.5) is 0 Å². The fourth-order valence-corrected chi connectivity index (χ4v) is 2.25. The third-order valence-electron chi connectivity index (χ3n) is 3.37. The molecule has 1 saturated heterocycles. The summed E-state index contributed by atoms with van der Waals surface area (Å²) in [7, 11) is 1.30. The maximum absolute atomic E-state index is 12.0. The predicted octanol–water partition coefficient (Wildman–Crippen LogP) is 0.889. The number of rotatable bonds is 4. The Hall–Kier alpha value is -1.63. The minimum atomic E-state index is -0.575. The Morgan fingerprint density at radius 3 is 2.57 bits per heavy atom. The number of nitrogens with two attached hydrogens (primary N) is 1. The second-order valence-corrected chi connectivity index (χ2v) is 4.76. The lowest BCUT2D eigenvalue weighted by Crippen LogP contribution is -2.41. The minimum absolute atomic E-state index is 0. The van der Waals surface area contributed by atoms with E-state index >= 15 is 0 Å². The molecule has 6 nitrogen and oxygen atoms in total. The largest absolute Gasteiger partial charge is 0.468 e. The number of hydrazine groups is 1. The van der Waals surface area contributed by atoms with E-state index in [1.807, 2.05) is 30.3 Å². The van der Waals surface area contributed by atoms with E-state index in [0.29, 0.717) is 13.0 Å². The third kappa shape index (κ3) is 4.42.